The number of nitrogens with zero attached hydrogens (tertiary/aromatic N) is 4. The number of methoxy groups -OCH3 is 1. The lowest BCUT2D eigenvalue weighted by molar-refractivity contribution is -0.137. The Labute approximate surface area is 199 Å². The van der Waals surface area contributed by atoms with Crippen LogP contribution in [-0.2, 0) is 22.7 Å². The number of benzene rings is 2. The molecule has 2 aromatic carbocycles. The fraction of sp³-hybridized carbons (Fsp3) is 0.318. The van der Waals surface area contributed by atoms with Gasteiger partial charge in [0.05, 0.1) is 23.2 Å². The summed E-state index contributed by atoms with van der Waals surface area (Å²) in [5, 5.41) is 10.1. The lowest BCUT2D eigenvalue weighted by Gasteiger charge is -2.36. The number of halogens is 2. The van der Waals surface area contributed by atoms with Crippen LogP contribution >= 0.6 is 23.2 Å². The molecule has 2 heterocycles. The van der Waals surface area contributed by atoms with E-state index in [-0.39, 0.29) is 12.5 Å². The lowest BCUT2D eigenvalue weighted by Crippen LogP contribution is -2.50. The minimum absolute atomic E-state index is 0.197. The molecule has 1 aromatic heterocycles. The molecule has 1 aliphatic rings. The Morgan fingerprint density at radius 3 is 2.33 bits per heavy atom. The molecule has 174 valence electrons. The smallest absolute Gasteiger partial charge is 0.330 e. The van der Waals surface area contributed by atoms with Crippen molar-refractivity contribution in [3.8, 4) is 5.75 Å². The van der Waals surface area contributed by atoms with Crippen molar-refractivity contribution in [2.45, 2.75) is 13.1 Å². The normalized spacial score (nSPS) is 14.0. The summed E-state index contributed by atoms with van der Waals surface area (Å²) < 4.78 is 7.69. The maximum Gasteiger partial charge on any atom is 0.330 e. The first-order valence-corrected chi connectivity index (χ1v) is 11.0. The molecule has 0 radical (unpaired) electrons. The highest BCUT2D eigenvalue weighted by molar-refractivity contribution is 6.32. The van der Waals surface area contributed by atoms with Gasteiger partial charge in [0.25, 0.3) is 0 Å². The van der Waals surface area contributed by atoms with E-state index in [9.17, 15) is 19.5 Å². The van der Waals surface area contributed by atoms with Crippen molar-refractivity contribution in [2.24, 2.45) is 0 Å². The Bertz CT molecular complexity index is 1280. The highest BCUT2D eigenvalue weighted by Crippen LogP contribution is 2.30. The van der Waals surface area contributed by atoms with Gasteiger partial charge in [0.2, 0.25) is 5.91 Å². The van der Waals surface area contributed by atoms with E-state index in [0.29, 0.717) is 53.0 Å². The summed E-state index contributed by atoms with van der Waals surface area (Å²) in [5.74, 6) is -0.782. The number of hydrogen-bond acceptors (Lipinski definition) is 5. The van der Waals surface area contributed by atoms with Gasteiger partial charge in [-0.1, -0.05) is 23.2 Å². The Kier molecular flexibility index (Phi) is 6.53. The van der Waals surface area contributed by atoms with Crippen molar-refractivity contribution < 1.29 is 19.4 Å². The standard InChI is InChI=1S/C22H22Cl2N4O5/c1-33-19-11-15(3-4-16(19)24)25-6-8-26(9-7-25)20(29)12-27-18-10-14(23)2-5-17(18)28(22(27)32)13-21(30)31/h2-5,10-11H,6-9,12-13H2,1H3,(H,30,31). The summed E-state index contributed by atoms with van der Waals surface area (Å²) in [7, 11) is 1.56. The Morgan fingerprint density at radius 2 is 1.67 bits per heavy atom. The fourth-order valence-electron chi connectivity index (χ4n) is 4.03. The molecular weight excluding hydrogens is 471 g/mol. The molecule has 1 saturated heterocycles. The number of carboxylic acids is 1. The highest BCUT2D eigenvalue weighted by atomic mass is 35.5. The number of piperazine rings is 1. The van der Waals surface area contributed by atoms with Crippen LogP contribution < -0.4 is 15.3 Å². The number of ether oxygens (including phenoxy) is 1. The zero-order valence-electron chi connectivity index (χ0n) is 17.8. The highest BCUT2D eigenvalue weighted by Gasteiger charge is 2.24. The zero-order valence-corrected chi connectivity index (χ0v) is 19.3. The van der Waals surface area contributed by atoms with Crippen LogP contribution in [-0.4, -0.2) is 64.3 Å². The molecule has 1 aliphatic heterocycles. The Hall–Kier alpha value is -3.17. The zero-order chi connectivity index (χ0) is 23.7. The van der Waals surface area contributed by atoms with Crippen LogP contribution in [0.5, 0.6) is 5.75 Å². The minimum atomic E-state index is -1.15. The van der Waals surface area contributed by atoms with Crippen molar-refractivity contribution in [2.75, 3.05) is 38.2 Å². The number of fused-ring (bicyclic) bond motifs is 1. The van der Waals surface area contributed by atoms with Crippen LogP contribution in [0.4, 0.5) is 5.69 Å². The average Bonchev–Trinajstić information content (AvgIpc) is 3.04. The van der Waals surface area contributed by atoms with Crippen molar-refractivity contribution in [1.82, 2.24) is 14.0 Å². The summed E-state index contributed by atoms with van der Waals surface area (Å²) in [6.07, 6.45) is 0. The van der Waals surface area contributed by atoms with Crippen LogP contribution in [0.2, 0.25) is 10.0 Å². The number of aliphatic carboxylic acids is 1. The molecule has 0 bridgehead atoms. The summed E-state index contributed by atoms with van der Waals surface area (Å²) in [5.41, 5.74) is 1.23. The number of hydrogen-bond donors (Lipinski definition) is 1. The second kappa shape index (κ2) is 9.36. The van der Waals surface area contributed by atoms with Crippen LogP contribution in [0.15, 0.2) is 41.2 Å². The van der Waals surface area contributed by atoms with Crippen LogP contribution in [0.3, 0.4) is 0 Å². The summed E-state index contributed by atoms with van der Waals surface area (Å²) >= 11 is 12.2. The molecule has 9 nitrogen and oxygen atoms in total. The minimum Gasteiger partial charge on any atom is -0.495 e. The van der Waals surface area contributed by atoms with E-state index < -0.39 is 18.2 Å². The Balaban J connectivity index is 1.51. The SMILES string of the molecule is COc1cc(N2CCN(C(=O)Cn3c(=O)n(CC(=O)O)c4ccc(Cl)cc43)CC2)ccc1Cl. The van der Waals surface area contributed by atoms with Crippen LogP contribution in [0, 0.1) is 0 Å². The molecule has 33 heavy (non-hydrogen) atoms. The summed E-state index contributed by atoms with van der Waals surface area (Å²) in [6.45, 7) is 1.48. The number of carbonyl (C=O) groups is 2. The van der Waals surface area contributed by atoms with Gasteiger partial charge in [0.15, 0.2) is 0 Å². The van der Waals surface area contributed by atoms with Gasteiger partial charge >= 0.3 is 11.7 Å². The topological polar surface area (TPSA) is 97.0 Å². The maximum atomic E-state index is 13.0. The molecule has 0 unspecified atom stereocenters. The van der Waals surface area contributed by atoms with Crippen molar-refractivity contribution in [1.29, 1.82) is 0 Å². The first-order valence-electron chi connectivity index (χ1n) is 10.2. The number of aromatic nitrogens is 2. The molecule has 1 fully saturated rings. The largest absolute Gasteiger partial charge is 0.495 e. The number of carbonyl (C=O) groups excluding carboxylic acids is 1. The number of carboxylic acid groups (broad SMARTS) is 1. The van der Waals surface area contributed by atoms with E-state index >= 15 is 0 Å². The fourth-order valence-corrected chi connectivity index (χ4v) is 4.39. The van der Waals surface area contributed by atoms with Gasteiger partial charge in [-0.2, -0.15) is 0 Å². The number of amides is 1. The number of rotatable bonds is 6. The predicted octanol–water partition coefficient (Wildman–Crippen LogP) is 2.55. The van der Waals surface area contributed by atoms with Gasteiger partial charge in [-0.3, -0.25) is 18.7 Å². The van der Waals surface area contributed by atoms with Gasteiger partial charge in [0.1, 0.15) is 18.8 Å². The van der Waals surface area contributed by atoms with Crippen molar-refractivity contribution in [3.63, 3.8) is 0 Å². The monoisotopic (exact) mass is 492 g/mol. The third-order valence-corrected chi connectivity index (χ3v) is 6.25. The van der Waals surface area contributed by atoms with E-state index in [1.54, 1.807) is 36.3 Å². The lowest BCUT2D eigenvalue weighted by atomic mass is 10.2. The molecule has 3 aromatic rings. The summed E-state index contributed by atoms with van der Waals surface area (Å²) in [4.78, 5) is 41.0. The first kappa shape index (κ1) is 23.0. The molecule has 11 heteroatoms. The molecule has 1 N–H and O–H groups in total. The molecule has 0 saturated carbocycles. The van der Waals surface area contributed by atoms with Crippen LogP contribution in [0.1, 0.15) is 0 Å². The maximum absolute atomic E-state index is 13.0. The van der Waals surface area contributed by atoms with Gasteiger partial charge in [0, 0.05) is 43.0 Å². The average molecular weight is 493 g/mol. The summed E-state index contributed by atoms with van der Waals surface area (Å²) in [6, 6.07) is 10.3. The van der Waals surface area contributed by atoms with E-state index in [1.165, 1.54) is 4.57 Å². The molecule has 1 amide bonds. The molecule has 4 rings (SSSR count). The molecular formula is C22H22Cl2N4O5. The quantitative estimate of drug-likeness (QED) is 0.567. The van der Waals surface area contributed by atoms with E-state index in [2.05, 4.69) is 4.90 Å². The third-order valence-electron chi connectivity index (χ3n) is 5.70. The van der Waals surface area contributed by atoms with Crippen molar-refractivity contribution >= 4 is 51.8 Å². The van der Waals surface area contributed by atoms with Crippen LogP contribution in [0.25, 0.3) is 11.0 Å². The number of imidazole rings is 1. The van der Waals surface area contributed by atoms with E-state index in [1.807, 2.05) is 12.1 Å². The van der Waals surface area contributed by atoms with E-state index in [0.717, 1.165) is 10.3 Å². The van der Waals surface area contributed by atoms with Gasteiger partial charge in [-0.15, -0.1) is 0 Å². The second-order valence-corrected chi connectivity index (χ2v) is 8.51. The predicted molar refractivity (Wildman–Crippen MR) is 126 cm³/mol. The van der Waals surface area contributed by atoms with Gasteiger partial charge in [-0.05, 0) is 30.3 Å². The van der Waals surface area contributed by atoms with Gasteiger partial charge < -0.3 is 19.6 Å². The third kappa shape index (κ3) is 4.65. The first-order chi connectivity index (χ1) is 15.8. The van der Waals surface area contributed by atoms with E-state index in [4.69, 9.17) is 27.9 Å². The van der Waals surface area contributed by atoms with Crippen molar-refractivity contribution in [3.05, 3.63) is 56.9 Å². The van der Waals surface area contributed by atoms with Gasteiger partial charge in [-0.25, -0.2) is 4.79 Å². The molecule has 0 spiro atoms. The number of anilines is 1. The molecule has 0 atom stereocenters. The Morgan fingerprint density at radius 1 is 0.970 bits per heavy atom. The second-order valence-electron chi connectivity index (χ2n) is 7.67. The molecule has 0 aliphatic carbocycles.